The number of aromatic nitrogens is 4. The van der Waals surface area contributed by atoms with Crippen LogP contribution in [0.4, 0.5) is 0 Å². The number of aryl methyl sites for hydroxylation is 2. The number of nitrogens with zero attached hydrogens (tertiary/aromatic N) is 4. The van der Waals surface area contributed by atoms with Gasteiger partial charge in [-0.1, -0.05) is 12.1 Å². The van der Waals surface area contributed by atoms with E-state index in [4.69, 9.17) is 0 Å². The van der Waals surface area contributed by atoms with Gasteiger partial charge in [0.15, 0.2) is 0 Å². The molecule has 0 saturated heterocycles. The Morgan fingerprint density at radius 3 is 1.92 bits per heavy atom. The van der Waals surface area contributed by atoms with E-state index in [0.717, 1.165) is 44.0 Å². The number of pyridine rings is 2. The molecule has 0 unspecified atom stereocenters. The molecule has 0 aliphatic heterocycles. The van der Waals surface area contributed by atoms with Gasteiger partial charge in [0.05, 0.1) is 16.4 Å². The normalized spacial score (nSPS) is 11.8. The second kappa shape index (κ2) is 4.83. The molecule has 5 nitrogen and oxygen atoms in total. The van der Waals surface area contributed by atoms with E-state index < -0.39 is 0 Å². The smallest absolute Gasteiger partial charge is 0.253 e. The predicted octanol–water partition coefficient (Wildman–Crippen LogP) is 3.73. The molecule has 0 atom stereocenters. The molecule has 5 rings (SSSR count). The van der Waals surface area contributed by atoms with E-state index in [1.54, 1.807) is 6.07 Å². The summed E-state index contributed by atoms with van der Waals surface area (Å²) < 4.78 is 0. The third kappa shape index (κ3) is 1.96. The minimum Gasteiger partial charge on any atom is -0.594 e. The van der Waals surface area contributed by atoms with Crippen molar-refractivity contribution in [2.24, 2.45) is 0 Å². The van der Waals surface area contributed by atoms with Crippen molar-refractivity contribution < 1.29 is 4.85 Å². The number of hydrogen-bond acceptors (Lipinski definition) is 4. The molecule has 0 spiro atoms. The zero-order chi connectivity index (χ0) is 17.1. The average Bonchev–Trinajstić information content (AvgIpc) is 2.60. The van der Waals surface area contributed by atoms with Crippen molar-refractivity contribution in [3.05, 3.63) is 65.1 Å². The highest BCUT2D eigenvalue weighted by molar-refractivity contribution is 6.24. The van der Waals surface area contributed by atoms with E-state index in [9.17, 15) is 5.21 Å². The van der Waals surface area contributed by atoms with Crippen LogP contribution in [0, 0.1) is 19.1 Å². The van der Waals surface area contributed by atoms with Crippen molar-refractivity contribution in [2.75, 3.05) is 0 Å². The van der Waals surface area contributed by atoms with Crippen molar-refractivity contribution in [3.8, 4) is 0 Å². The molecule has 25 heavy (non-hydrogen) atoms. The molecule has 0 saturated carbocycles. The predicted molar refractivity (Wildman–Crippen MR) is 98.3 cm³/mol. The van der Waals surface area contributed by atoms with Crippen molar-refractivity contribution in [3.63, 3.8) is 0 Å². The Bertz CT molecular complexity index is 1330. The Balaban J connectivity index is 2.14. The minimum absolute atomic E-state index is 0.540. The van der Waals surface area contributed by atoms with Crippen LogP contribution < -0.4 is 4.85 Å². The summed E-state index contributed by atoms with van der Waals surface area (Å²) in [6, 6.07) is 15.5. The average molecular weight is 326 g/mol. The van der Waals surface area contributed by atoms with E-state index in [0.29, 0.717) is 15.9 Å². The molecular weight excluding hydrogens is 312 g/mol. The Morgan fingerprint density at radius 2 is 1.24 bits per heavy atom. The highest BCUT2D eigenvalue weighted by Gasteiger charge is 2.17. The van der Waals surface area contributed by atoms with Crippen LogP contribution in [0.25, 0.3) is 43.6 Å². The number of hydrogen-bond donors (Lipinski definition) is 0. The van der Waals surface area contributed by atoms with Gasteiger partial charge in [-0.3, -0.25) is 9.97 Å². The molecule has 0 amide bonds. The number of fused-ring (bicyclic) bond motifs is 7. The summed E-state index contributed by atoms with van der Waals surface area (Å²) in [5, 5.41) is 20.4. The van der Waals surface area contributed by atoms with Crippen LogP contribution in [0.3, 0.4) is 0 Å². The van der Waals surface area contributed by atoms with Gasteiger partial charge in [-0.2, -0.15) is 0 Å². The lowest BCUT2D eigenvalue weighted by Crippen LogP contribution is -2.31. The number of rotatable bonds is 0. The van der Waals surface area contributed by atoms with Crippen LogP contribution in [-0.2, 0) is 0 Å². The Hall–Kier alpha value is -3.34. The summed E-state index contributed by atoms with van der Waals surface area (Å²) in [6.45, 7) is 3.93. The van der Waals surface area contributed by atoms with Crippen LogP contribution >= 0.6 is 0 Å². The molecule has 5 heteroatoms. The first-order chi connectivity index (χ1) is 12.1. The highest BCUT2D eigenvalue weighted by Crippen LogP contribution is 2.33. The standard InChI is InChI=1S/C20H14N4O/c1-11-3-5-13-15(21-11)7-8-17-19(13)20-14-6-4-12(2)22-16(14)9-10-18(20)24(25)23-17/h3-10H,1-2H3. The van der Waals surface area contributed by atoms with Gasteiger partial charge >= 0.3 is 0 Å². The van der Waals surface area contributed by atoms with Crippen LogP contribution in [0.15, 0.2) is 48.5 Å². The lowest BCUT2D eigenvalue weighted by Gasteiger charge is -2.09. The molecule has 0 radical (unpaired) electrons. The topological polar surface area (TPSA) is 65.6 Å². The van der Waals surface area contributed by atoms with E-state index in [1.807, 2.05) is 50.2 Å². The zero-order valence-corrected chi connectivity index (χ0v) is 13.8. The maximum absolute atomic E-state index is 12.5. The fourth-order valence-electron chi connectivity index (χ4n) is 3.51. The van der Waals surface area contributed by atoms with Crippen LogP contribution in [0.2, 0.25) is 0 Å². The van der Waals surface area contributed by atoms with Crippen molar-refractivity contribution in [2.45, 2.75) is 13.8 Å². The molecule has 5 aromatic rings. The fourth-order valence-corrected chi connectivity index (χ4v) is 3.51. The second-order valence-corrected chi connectivity index (χ2v) is 6.33. The fraction of sp³-hybridized carbons (Fsp3) is 0.100. The van der Waals surface area contributed by atoms with E-state index in [-0.39, 0.29) is 0 Å². The van der Waals surface area contributed by atoms with Gasteiger partial charge in [-0.15, -0.1) is 0 Å². The first-order valence-corrected chi connectivity index (χ1v) is 8.12. The third-order valence-corrected chi connectivity index (χ3v) is 4.63. The molecular formula is C20H14N4O. The van der Waals surface area contributed by atoms with Gasteiger partial charge in [0, 0.05) is 38.7 Å². The van der Waals surface area contributed by atoms with Gasteiger partial charge < -0.3 is 5.21 Å². The van der Waals surface area contributed by atoms with Crippen LogP contribution in [0.5, 0.6) is 0 Å². The molecule has 0 aliphatic rings. The first kappa shape index (κ1) is 14.0. The molecule has 0 bridgehead atoms. The molecule has 0 aliphatic carbocycles. The third-order valence-electron chi connectivity index (χ3n) is 4.63. The van der Waals surface area contributed by atoms with Gasteiger partial charge in [-0.25, -0.2) is 0 Å². The summed E-state index contributed by atoms with van der Waals surface area (Å²) >= 11 is 0. The van der Waals surface area contributed by atoms with E-state index >= 15 is 0 Å². The van der Waals surface area contributed by atoms with Crippen molar-refractivity contribution in [1.29, 1.82) is 0 Å². The highest BCUT2D eigenvalue weighted by atomic mass is 16.5. The van der Waals surface area contributed by atoms with Gasteiger partial charge in [0.25, 0.3) is 5.52 Å². The molecule has 0 N–H and O–H groups in total. The lowest BCUT2D eigenvalue weighted by molar-refractivity contribution is -0.639. The maximum atomic E-state index is 12.5. The summed E-state index contributed by atoms with van der Waals surface area (Å²) in [4.78, 5) is 9.93. The van der Waals surface area contributed by atoms with Crippen molar-refractivity contribution >= 4 is 43.6 Å². The second-order valence-electron chi connectivity index (χ2n) is 6.33. The SMILES string of the molecule is Cc1ccc2c(ccc3n[n+]([O-])c4ccc5nc(C)ccc5c4c32)n1. The molecule has 120 valence electrons. The van der Waals surface area contributed by atoms with Crippen LogP contribution in [-0.4, -0.2) is 15.1 Å². The first-order valence-electron chi connectivity index (χ1n) is 8.12. The quantitative estimate of drug-likeness (QED) is 0.247. The summed E-state index contributed by atoms with van der Waals surface area (Å²) in [5.41, 5.74) is 4.88. The molecule has 2 aromatic carbocycles. The Kier molecular flexibility index (Phi) is 2.71. The zero-order valence-electron chi connectivity index (χ0n) is 13.8. The van der Waals surface area contributed by atoms with Crippen molar-refractivity contribution in [1.82, 2.24) is 15.1 Å². The maximum Gasteiger partial charge on any atom is 0.253 e. The molecule has 0 fully saturated rings. The van der Waals surface area contributed by atoms with E-state index in [1.165, 1.54) is 0 Å². The number of benzene rings is 2. The molecule has 3 heterocycles. The van der Waals surface area contributed by atoms with E-state index in [2.05, 4.69) is 21.1 Å². The lowest BCUT2D eigenvalue weighted by atomic mass is 10.0. The Labute approximate surface area is 143 Å². The molecule has 3 aromatic heterocycles. The van der Waals surface area contributed by atoms with Gasteiger partial charge in [-0.05, 0) is 49.0 Å². The van der Waals surface area contributed by atoms with Gasteiger partial charge in [0.2, 0.25) is 0 Å². The summed E-state index contributed by atoms with van der Waals surface area (Å²) in [5.74, 6) is 0. The Morgan fingerprint density at radius 1 is 0.680 bits per heavy atom. The van der Waals surface area contributed by atoms with Crippen LogP contribution in [0.1, 0.15) is 11.4 Å². The largest absolute Gasteiger partial charge is 0.594 e. The van der Waals surface area contributed by atoms with Gasteiger partial charge in [0.1, 0.15) is 5.52 Å². The summed E-state index contributed by atoms with van der Waals surface area (Å²) in [7, 11) is 0. The monoisotopic (exact) mass is 326 g/mol. The minimum atomic E-state index is 0.540. The summed E-state index contributed by atoms with van der Waals surface area (Å²) in [6.07, 6.45) is 0.